The van der Waals surface area contributed by atoms with Gasteiger partial charge in [0.2, 0.25) is 15.9 Å². The summed E-state index contributed by atoms with van der Waals surface area (Å²) in [4.78, 5) is 13.4. The highest BCUT2D eigenvalue weighted by molar-refractivity contribution is 7.90. The average molecular weight is 289 g/mol. The van der Waals surface area contributed by atoms with Crippen LogP contribution in [0.5, 0.6) is 0 Å². The molecule has 1 aliphatic heterocycles. The number of hydrogen-bond acceptors (Lipinski definition) is 5. The maximum atomic E-state index is 11.8. The van der Waals surface area contributed by atoms with E-state index in [1.165, 1.54) is 0 Å². The fraction of sp³-hybridized carbons (Fsp3) is 0.818. The maximum Gasteiger partial charge on any atom is 0.227 e. The number of rotatable bonds is 6. The lowest BCUT2D eigenvalue weighted by molar-refractivity contribution is -0.135. The molecule has 0 spiro atoms. The monoisotopic (exact) mass is 289 g/mol. The van der Waals surface area contributed by atoms with Crippen molar-refractivity contribution in [3.05, 3.63) is 0 Å². The largest absolute Gasteiger partial charge is 0.378 e. The van der Waals surface area contributed by atoms with Crippen molar-refractivity contribution in [3.63, 3.8) is 0 Å². The molecular formula is C11H19N3O4S. The average Bonchev–Trinajstić information content (AvgIpc) is 2.40. The molecule has 0 aliphatic carbocycles. The summed E-state index contributed by atoms with van der Waals surface area (Å²) < 4.78 is 30.8. The molecule has 0 bridgehead atoms. The van der Waals surface area contributed by atoms with Gasteiger partial charge in [-0.15, -0.1) is 0 Å². The molecule has 0 aromatic heterocycles. The van der Waals surface area contributed by atoms with Crippen LogP contribution < -0.4 is 4.72 Å². The highest BCUT2D eigenvalue weighted by atomic mass is 32.2. The van der Waals surface area contributed by atoms with Crippen LogP contribution in [0, 0.1) is 11.3 Å². The second-order valence-electron chi connectivity index (χ2n) is 4.21. The smallest absolute Gasteiger partial charge is 0.227 e. The minimum absolute atomic E-state index is 0.0245. The van der Waals surface area contributed by atoms with Gasteiger partial charge in [0.15, 0.2) is 5.25 Å². The van der Waals surface area contributed by atoms with Crippen molar-refractivity contribution in [1.29, 1.82) is 5.26 Å². The Morgan fingerprint density at radius 1 is 1.47 bits per heavy atom. The predicted octanol–water partition coefficient (Wildman–Crippen LogP) is -0.543. The van der Waals surface area contributed by atoms with Crippen molar-refractivity contribution in [2.45, 2.75) is 25.0 Å². The van der Waals surface area contributed by atoms with E-state index < -0.39 is 15.3 Å². The van der Waals surface area contributed by atoms with Crippen molar-refractivity contribution >= 4 is 15.9 Å². The molecular weight excluding hydrogens is 270 g/mol. The summed E-state index contributed by atoms with van der Waals surface area (Å²) in [6.07, 6.45) is 0.324. The first-order chi connectivity index (χ1) is 9.01. The third-order valence-corrected chi connectivity index (χ3v) is 4.69. The van der Waals surface area contributed by atoms with Crippen molar-refractivity contribution in [3.8, 4) is 6.07 Å². The van der Waals surface area contributed by atoms with E-state index in [-0.39, 0.29) is 25.3 Å². The van der Waals surface area contributed by atoms with Crippen LogP contribution in [0.3, 0.4) is 0 Å². The minimum Gasteiger partial charge on any atom is -0.378 e. The molecule has 1 N–H and O–H groups in total. The molecule has 1 heterocycles. The maximum absolute atomic E-state index is 11.8. The second kappa shape index (κ2) is 7.43. The Morgan fingerprint density at radius 3 is 2.63 bits per heavy atom. The van der Waals surface area contributed by atoms with Gasteiger partial charge in [-0.2, -0.15) is 5.26 Å². The molecule has 1 unspecified atom stereocenters. The molecule has 108 valence electrons. The first-order valence-electron chi connectivity index (χ1n) is 6.25. The molecule has 1 fully saturated rings. The highest BCUT2D eigenvalue weighted by Gasteiger charge is 2.23. The van der Waals surface area contributed by atoms with Gasteiger partial charge < -0.3 is 9.64 Å². The highest BCUT2D eigenvalue weighted by Crippen LogP contribution is 2.04. The molecule has 0 aromatic carbocycles. The number of sulfonamides is 1. The second-order valence-corrected chi connectivity index (χ2v) is 6.16. The third-order valence-electron chi connectivity index (χ3n) is 2.90. The standard InChI is InChI=1S/C11H19N3O4S/c1-2-10(9-12)19(16,17)13-4-3-11(15)14-5-7-18-8-6-14/h10,13H,2-8H2,1H3. The molecule has 19 heavy (non-hydrogen) atoms. The Morgan fingerprint density at radius 2 is 2.11 bits per heavy atom. The molecule has 1 aliphatic rings. The summed E-state index contributed by atoms with van der Waals surface area (Å²) in [5.74, 6) is -0.101. The van der Waals surface area contributed by atoms with E-state index >= 15 is 0 Å². The first kappa shape index (κ1) is 15.9. The topological polar surface area (TPSA) is 99.5 Å². The summed E-state index contributed by atoms with van der Waals surface area (Å²) in [6.45, 7) is 3.78. The molecule has 1 rings (SSSR count). The van der Waals surface area contributed by atoms with Gasteiger partial charge in [-0.3, -0.25) is 4.79 Å². The minimum atomic E-state index is -3.66. The number of carbonyl (C=O) groups excluding carboxylic acids is 1. The summed E-state index contributed by atoms with van der Waals surface area (Å²) in [5, 5.41) is 7.65. The molecule has 7 nitrogen and oxygen atoms in total. The zero-order chi connectivity index (χ0) is 14.3. The van der Waals surface area contributed by atoms with Gasteiger partial charge in [0.05, 0.1) is 19.3 Å². The summed E-state index contributed by atoms with van der Waals surface area (Å²) in [5.41, 5.74) is 0. The van der Waals surface area contributed by atoms with Crippen LogP contribution in [0.4, 0.5) is 0 Å². The summed E-state index contributed by atoms with van der Waals surface area (Å²) in [6, 6.07) is 1.73. The van der Waals surface area contributed by atoms with E-state index in [4.69, 9.17) is 10.00 Å². The van der Waals surface area contributed by atoms with Crippen molar-refractivity contribution < 1.29 is 17.9 Å². The van der Waals surface area contributed by atoms with Gasteiger partial charge in [0, 0.05) is 26.1 Å². The Hall–Kier alpha value is -1.17. The molecule has 1 amide bonds. The quantitative estimate of drug-likeness (QED) is 0.707. The van der Waals surface area contributed by atoms with E-state index in [9.17, 15) is 13.2 Å². The summed E-state index contributed by atoms with van der Waals surface area (Å²) in [7, 11) is -3.66. The third kappa shape index (κ3) is 4.78. The van der Waals surface area contributed by atoms with E-state index in [1.54, 1.807) is 17.9 Å². The van der Waals surface area contributed by atoms with Crippen LogP contribution in [0.25, 0.3) is 0 Å². The van der Waals surface area contributed by atoms with E-state index in [0.29, 0.717) is 26.3 Å². The van der Waals surface area contributed by atoms with Crippen LogP contribution in [0.2, 0.25) is 0 Å². The fourth-order valence-electron chi connectivity index (χ4n) is 1.75. The number of nitriles is 1. The molecule has 8 heteroatoms. The van der Waals surface area contributed by atoms with E-state index in [1.807, 2.05) is 0 Å². The molecule has 1 atom stereocenters. The Bertz CT molecular complexity index is 437. The van der Waals surface area contributed by atoms with Crippen molar-refractivity contribution in [1.82, 2.24) is 9.62 Å². The predicted molar refractivity (Wildman–Crippen MR) is 68.6 cm³/mol. The molecule has 0 radical (unpaired) electrons. The van der Waals surface area contributed by atoms with Crippen molar-refractivity contribution in [2.24, 2.45) is 0 Å². The van der Waals surface area contributed by atoms with Crippen LogP contribution in [-0.4, -0.2) is 57.3 Å². The number of nitrogens with one attached hydrogen (secondary N) is 1. The zero-order valence-electron chi connectivity index (χ0n) is 11.0. The number of hydrogen-bond donors (Lipinski definition) is 1. The van der Waals surface area contributed by atoms with Gasteiger partial charge in [0.25, 0.3) is 0 Å². The van der Waals surface area contributed by atoms with Crippen LogP contribution in [0.15, 0.2) is 0 Å². The van der Waals surface area contributed by atoms with Gasteiger partial charge in [-0.1, -0.05) is 6.92 Å². The normalized spacial score (nSPS) is 17.8. The lowest BCUT2D eigenvalue weighted by Gasteiger charge is -2.26. The molecule has 0 aromatic rings. The molecule has 0 saturated carbocycles. The number of amides is 1. The van der Waals surface area contributed by atoms with Gasteiger partial charge >= 0.3 is 0 Å². The number of carbonyl (C=O) groups is 1. The fourth-order valence-corrected chi connectivity index (χ4v) is 2.92. The summed E-state index contributed by atoms with van der Waals surface area (Å²) >= 11 is 0. The van der Waals surface area contributed by atoms with Gasteiger partial charge in [0.1, 0.15) is 0 Å². The number of nitrogens with zero attached hydrogens (tertiary/aromatic N) is 2. The first-order valence-corrected chi connectivity index (χ1v) is 7.79. The SMILES string of the molecule is CCC(C#N)S(=O)(=O)NCCC(=O)N1CCOCC1. The van der Waals surface area contributed by atoms with Gasteiger partial charge in [-0.05, 0) is 6.42 Å². The zero-order valence-corrected chi connectivity index (χ0v) is 11.8. The van der Waals surface area contributed by atoms with Gasteiger partial charge in [-0.25, -0.2) is 13.1 Å². The number of morpholine rings is 1. The Kier molecular flexibility index (Phi) is 6.21. The number of ether oxygens (including phenoxy) is 1. The Labute approximate surface area is 113 Å². The van der Waals surface area contributed by atoms with E-state index in [0.717, 1.165) is 0 Å². The Balaban J connectivity index is 2.37. The lowest BCUT2D eigenvalue weighted by Crippen LogP contribution is -2.42. The van der Waals surface area contributed by atoms with Crippen molar-refractivity contribution in [2.75, 3.05) is 32.8 Å². The van der Waals surface area contributed by atoms with Crippen LogP contribution in [-0.2, 0) is 19.6 Å². The van der Waals surface area contributed by atoms with Crippen LogP contribution in [0.1, 0.15) is 19.8 Å². The lowest BCUT2D eigenvalue weighted by atomic mass is 10.3. The van der Waals surface area contributed by atoms with E-state index in [2.05, 4.69) is 4.72 Å². The molecule has 1 saturated heterocycles. The van der Waals surface area contributed by atoms with Crippen LogP contribution >= 0.6 is 0 Å².